The maximum atomic E-state index is 13.7. The van der Waals surface area contributed by atoms with Gasteiger partial charge in [0.25, 0.3) is 0 Å². The quantitative estimate of drug-likeness (QED) is 0.259. The summed E-state index contributed by atoms with van der Waals surface area (Å²) in [6.45, 7) is 23.5. The van der Waals surface area contributed by atoms with E-state index in [0.29, 0.717) is 0 Å². The third-order valence-corrected chi connectivity index (χ3v) is 28.7. The van der Waals surface area contributed by atoms with E-state index < -0.39 is 26.2 Å². The van der Waals surface area contributed by atoms with Crippen LogP contribution in [0.4, 0.5) is 13.2 Å². The maximum Gasteiger partial charge on any atom is 0.416 e. The topological polar surface area (TPSA) is 13.0 Å². The lowest BCUT2D eigenvalue weighted by molar-refractivity contribution is -0.137. The first-order valence-electron chi connectivity index (χ1n) is 12.8. The van der Waals surface area contributed by atoms with Gasteiger partial charge in [-0.3, -0.25) is 0 Å². The summed E-state index contributed by atoms with van der Waals surface area (Å²) in [6.07, 6.45) is 4.38. The molecule has 1 aromatic rings. The second-order valence-electron chi connectivity index (χ2n) is 14.1. The van der Waals surface area contributed by atoms with E-state index in [4.69, 9.17) is 0 Å². The number of nitrogens with zero attached hydrogens (tertiary/aromatic N) is 4. The van der Waals surface area contributed by atoms with Gasteiger partial charge in [-0.05, 0) is 88.3 Å². The van der Waals surface area contributed by atoms with Crippen LogP contribution in [0.5, 0.6) is 0 Å². The van der Waals surface area contributed by atoms with Crippen molar-refractivity contribution in [3.05, 3.63) is 54.6 Å². The summed E-state index contributed by atoms with van der Waals surface area (Å²) in [6, 6.07) is 6.02. The van der Waals surface area contributed by atoms with Crippen molar-refractivity contribution in [3.8, 4) is 0 Å². The minimum Gasteiger partial charge on any atom is -0.376 e. The minimum absolute atomic E-state index is 0.228. The third kappa shape index (κ3) is 4.79. The lowest BCUT2D eigenvalue weighted by Crippen LogP contribution is -2.92. The normalized spacial score (nSPS) is 20.4. The molecule has 2 aliphatic rings. The molecule has 0 unspecified atom stereocenters. The van der Waals surface area contributed by atoms with Gasteiger partial charge in [0.2, 0.25) is 0 Å². The van der Waals surface area contributed by atoms with Crippen LogP contribution in [0.15, 0.2) is 49.1 Å². The number of hydrogen-bond donors (Lipinski definition) is 0. The van der Waals surface area contributed by atoms with Crippen molar-refractivity contribution >= 4 is 34.9 Å². The molecular weight excluding hydrogens is 573 g/mol. The van der Waals surface area contributed by atoms with E-state index in [9.17, 15) is 13.2 Å². The molecule has 10 heteroatoms. The monoisotopic (exact) mass is 616 g/mol. The molecule has 37 heavy (non-hydrogen) atoms. The van der Waals surface area contributed by atoms with Gasteiger partial charge in [0.1, 0.15) is 0 Å². The van der Waals surface area contributed by atoms with Crippen LogP contribution in [-0.2, 0) is 6.18 Å². The third-order valence-electron chi connectivity index (χ3n) is 7.01. The Hall–Kier alpha value is -1.40. The van der Waals surface area contributed by atoms with Crippen LogP contribution in [0.2, 0.25) is 0 Å². The van der Waals surface area contributed by atoms with Crippen molar-refractivity contribution in [2.24, 2.45) is 0 Å². The minimum atomic E-state index is -4.39. The molecule has 0 atom stereocenters. The van der Waals surface area contributed by atoms with Crippen molar-refractivity contribution in [3.63, 3.8) is 0 Å². The Morgan fingerprint density at radius 3 is 1.11 bits per heavy atom. The van der Waals surface area contributed by atoms with E-state index in [1.165, 1.54) is 12.1 Å². The Labute approximate surface area is 231 Å². The van der Waals surface area contributed by atoms with Gasteiger partial charge in [-0.2, -0.15) is 13.2 Å². The summed E-state index contributed by atoms with van der Waals surface area (Å²) >= 11 is 4.54. The molecule has 0 bridgehead atoms. The highest BCUT2D eigenvalue weighted by Gasteiger charge is 2.76. The average Bonchev–Trinajstić information content (AvgIpc) is 3.27. The second-order valence-corrected chi connectivity index (χ2v) is 28.8. The first-order chi connectivity index (χ1) is 16.4. The average molecular weight is 618 g/mol. The Morgan fingerprint density at radius 2 is 0.838 bits per heavy atom. The molecule has 4 nitrogen and oxygen atoms in total. The van der Waals surface area contributed by atoms with E-state index in [1.807, 2.05) is 0 Å². The van der Waals surface area contributed by atoms with Gasteiger partial charge < -0.3 is 18.3 Å². The van der Waals surface area contributed by atoms with Gasteiger partial charge in [-0.15, -0.1) is 0 Å². The zero-order valence-corrected chi connectivity index (χ0v) is 28.0. The molecule has 2 aliphatic heterocycles. The van der Waals surface area contributed by atoms with Crippen LogP contribution in [0.25, 0.3) is 0 Å². The Kier molecular flexibility index (Phi) is 7.18. The fraction of sp³-hybridized carbons (Fsp3) is 0.630. The summed E-state index contributed by atoms with van der Waals surface area (Å²) in [5.74, 6) is 0. The number of alkyl halides is 3. The van der Waals surface area contributed by atoms with Crippen molar-refractivity contribution in [2.45, 2.75) is 111 Å². The highest BCUT2D eigenvalue weighted by atomic mass is 79.9. The Morgan fingerprint density at radius 1 is 0.541 bits per heavy atom. The predicted molar refractivity (Wildman–Crippen MR) is 156 cm³/mol. The molecule has 0 fully saturated rings. The standard InChI is InChI=1S/C27H44BrF3N4Si2/c1-23(2,3)32-17-18-33(24(4,5)6)36(32,22-15-13-21(14-16-22)27(29,30)31)37(28)34(25(7,8)9)19-20-35(37)26(10,11)12/h13-20H,1-12H3. The smallest absolute Gasteiger partial charge is 0.376 e. The van der Waals surface area contributed by atoms with E-state index in [-0.39, 0.29) is 22.2 Å². The molecule has 0 aromatic heterocycles. The van der Waals surface area contributed by atoms with Crippen LogP contribution < -0.4 is 5.19 Å². The predicted octanol–water partition coefficient (Wildman–Crippen LogP) is 7.14. The summed E-state index contributed by atoms with van der Waals surface area (Å²) in [7, 11) is -3.12. The molecule has 208 valence electrons. The molecule has 3 rings (SSSR count). The molecule has 0 saturated carbocycles. The van der Waals surface area contributed by atoms with Crippen molar-refractivity contribution < 1.29 is 13.2 Å². The summed E-state index contributed by atoms with van der Waals surface area (Å²) in [5.41, 5.74) is -1.64. The highest BCUT2D eigenvalue weighted by molar-refractivity contribution is 9.27. The maximum absolute atomic E-state index is 13.7. The Balaban J connectivity index is 2.54. The van der Waals surface area contributed by atoms with Crippen LogP contribution >= 0.6 is 15.3 Å². The van der Waals surface area contributed by atoms with Crippen LogP contribution in [-0.4, -0.2) is 54.9 Å². The zero-order valence-electron chi connectivity index (χ0n) is 24.4. The van der Waals surface area contributed by atoms with Gasteiger partial charge in [-0.25, -0.2) is 0 Å². The molecule has 0 spiro atoms. The second kappa shape index (κ2) is 8.81. The zero-order chi connectivity index (χ0) is 28.6. The summed E-state index contributed by atoms with van der Waals surface area (Å²) < 4.78 is 51.1. The van der Waals surface area contributed by atoms with Crippen LogP contribution in [0.3, 0.4) is 0 Å². The van der Waals surface area contributed by atoms with E-state index in [2.05, 4.69) is 141 Å². The molecule has 0 aliphatic carbocycles. The van der Waals surface area contributed by atoms with E-state index in [0.717, 1.165) is 5.19 Å². The molecule has 2 heterocycles. The fourth-order valence-electron chi connectivity index (χ4n) is 5.66. The molecule has 0 amide bonds. The number of rotatable bonds is 2. The van der Waals surface area contributed by atoms with Gasteiger partial charge in [0, 0.05) is 47.0 Å². The first-order valence-corrected chi connectivity index (χ1v) is 19.9. The summed E-state index contributed by atoms with van der Waals surface area (Å²) in [5, 5.41) is 0.964. The number of benzene rings is 1. The van der Waals surface area contributed by atoms with Gasteiger partial charge in [0.05, 0.1) is 5.56 Å². The largest absolute Gasteiger partial charge is 0.416 e. The lowest BCUT2D eigenvalue weighted by Gasteiger charge is -2.63. The highest BCUT2D eigenvalue weighted by Crippen LogP contribution is 2.51. The van der Waals surface area contributed by atoms with Crippen molar-refractivity contribution in [1.29, 1.82) is 0 Å². The Bertz CT molecular complexity index is 1010. The van der Waals surface area contributed by atoms with Gasteiger partial charge >= 0.3 is 20.6 Å². The van der Waals surface area contributed by atoms with Crippen LogP contribution in [0, 0.1) is 0 Å². The van der Waals surface area contributed by atoms with E-state index >= 15 is 0 Å². The molecule has 1 aromatic carbocycles. The molecular formula is C27H44BrF3N4Si2. The number of halogens is 4. The fourth-order valence-corrected chi connectivity index (χ4v) is 33.6. The molecule has 0 N–H and O–H groups in total. The lowest BCUT2D eigenvalue weighted by atomic mass is 10.1. The SMILES string of the molecule is CC(C)(C)N1C=CN(C(C)(C)C)[Si]1(Br)[Si]1(c2ccc(C(F)(F)F)cc2)N(C(C)(C)C)C=CN1C(C)(C)C. The van der Waals surface area contributed by atoms with Crippen LogP contribution in [0.1, 0.15) is 88.6 Å². The van der Waals surface area contributed by atoms with Gasteiger partial charge in [-0.1, -0.05) is 39.6 Å². The van der Waals surface area contributed by atoms with E-state index in [1.54, 1.807) is 12.1 Å². The number of hydrogen-bond acceptors (Lipinski definition) is 4. The molecule has 0 saturated heterocycles. The molecule has 0 radical (unpaired) electrons. The first kappa shape index (κ1) is 30.1. The van der Waals surface area contributed by atoms with Gasteiger partial charge in [0.15, 0.2) is 0 Å². The van der Waals surface area contributed by atoms with Crippen molar-refractivity contribution in [2.75, 3.05) is 0 Å². The summed E-state index contributed by atoms with van der Waals surface area (Å²) in [4.78, 5) is 0. The van der Waals surface area contributed by atoms with Crippen molar-refractivity contribution in [1.82, 2.24) is 18.3 Å².